The summed E-state index contributed by atoms with van der Waals surface area (Å²) in [6, 6.07) is 0.593. The van der Waals surface area contributed by atoms with Crippen molar-refractivity contribution in [1.29, 1.82) is 0 Å². The lowest BCUT2D eigenvalue weighted by Gasteiger charge is -2.27. The summed E-state index contributed by atoms with van der Waals surface area (Å²) in [4.78, 5) is 0. The van der Waals surface area contributed by atoms with E-state index in [2.05, 4.69) is 22.6 Å². The monoisotopic (exact) mass is 194 g/mol. The van der Waals surface area contributed by atoms with E-state index in [0.717, 1.165) is 24.6 Å². The fourth-order valence-corrected chi connectivity index (χ4v) is 2.12. The number of nitrogens with one attached hydrogen (secondary N) is 1. The van der Waals surface area contributed by atoms with Gasteiger partial charge in [-0.15, -0.1) is 5.10 Å². The van der Waals surface area contributed by atoms with Crippen LogP contribution in [0.15, 0.2) is 6.20 Å². The molecular weight excluding hydrogens is 176 g/mol. The molecule has 1 fully saturated rings. The van der Waals surface area contributed by atoms with Crippen LogP contribution >= 0.6 is 0 Å². The summed E-state index contributed by atoms with van der Waals surface area (Å²) in [6.07, 6.45) is 5.58. The second-order valence-electron chi connectivity index (χ2n) is 4.37. The summed E-state index contributed by atoms with van der Waals surface area (Å²) in [5, 5.41) is 11.6. The standard InChI is InChI=1S/C10H18N4/c1-8-3-4-11-9(5-8)6-10-7-14(2)13-12-10/h7-9,11H,3-6H2,1-2H3. The van der Waals surface area contributed by atoms with E-state index >= 15 is 0 Å². The first-order valence-corrected chi connectivity index (χ1v) is 5.32. The Morgan fingerprint density at radius 3 is 3.14 bits per heavy atom. The number of aryl methyl sites for hydroxylation is 1. The van der Waals surface area contributed by atoms with Crippen molar-refractivity contribution in [3.8, 4) is 0 Å². The summed E-state index contributed by atoms with van der Waals surface area (Å²) in [5.41, 5.74) is 1.10. The van der Waals surface area contributed by atoms with Gasteiger partial charge in [0.15, 0.2) is 0 Å². The zero-order valence-corrected chi connectivity index (χ0v) is 8.90. The van der Waals surface area contributed by atoms with Gasteiger partial charge in [0.25, 0.3) is 0 Å². The molecule has 1 aromatic rings. The van der Waals surface area contributed by atoms with Gasteiger partial charge in [-0.1, -0.05) is 12.1 Å². The molecule has 78 valence electrons. The summed E-state index contributed by atoms with van der Waals surface area (Å²) in [7, 11) is 1.91. The lowest BCUT2D eigenvalue weighted by molar-refractivity contribution is 0.317. The summed E-state index contributed by atoms with van der Waals surface area (Å²) >= 11 is 0. The van der Waals surface area contributed by atoms with E-state index < -0.39 is 0 Å². The lowest BCUT2D eigenvalue weighted by Crippen LogP contribution is -2.38. The second kappa shape index (κ2) is 4.09. The highest BCUT2D eigenvalue weighted by Gasteiger charge is 2.19. The van der Waals surface area contributed by atoms with Crippen molar-refractivity contribution in [1.82, 2.24) is 20.3 Å². The maximum atomic E-state index is 4.11. The van der Waals surface area contributed by atoms with Crippen LogP contribution in [0.3, 0.4) is 0 Å². The Kier molecular flexibility index (Phi) is 2.82. The van der Waals surface area contributed by atoms with Crippen molar-refractivity contribution in [2.75, 3.05) is 6.54 Å². The second-order valence-corrected chi connectivity index (χ2v) is 4.37. The van der Waals surface area contributed by atoms with E-state index in [1.54, 1.807) is 4.68 Å². The minimum absolute atomic E-state index is 0.593. The Morgan fingerprint density at radius 1 is 1.64 bits per heavy atom. The largest absolute Gasteiger partial charge is 0.314 e. The molecule has 4 heteroatoms. The van der Waals surface area contributed by atoms with Gasteiger partial charge in [0.1, 0.15) is 0 Å². The maximum Gasteiger partial charge on any atom is 0.0842 e. The molecule has 1 N–H and O–H groups in total. The Bertz CT molecular complexity index is 294. The van der Waals surface area contributed by atoms with Gasteiger partial charge in [-0.2, -0.15) is 0 Å². The SMILES string of the molecule is CC1CCNC(Cc2cn(C)nn2)C1. The van der Waals surface area contributed by atoms with Gasteiger partial charge in [-0.25, -0.2) is 0 Å². The number of hydrogen-bond donors (Lipinski definition) is 1. The maximum absolute atomic E-state index is 4.11. The van der Waals surface area contributed by atoms with Crippen LogP contribution in [0, 0.1) is 5.92 Å². The summed E-state index contributed by atoms with van der Waals surface area (Å²) < 4.78 is 1.77. The van der Waals surface area contributed by atoms with E-state index in [-0.39, 0.29) is 0 Å². The Labute approximate surface area is 84.7 Å². The molecule has 1 saturated heterocycles. The number of nitrogens with zero attached hydrogens (tertiary/aromatic N) is 3. The molecule has 0 bridgehead atoms. The first kappa shape index (κ1) is 9.65. The Hall–Kier alpha value is -0.900. The fourth-order valence-electron chi connectivity index (χ4n) is 2.12. The molecule has 2 rings (SSSR count). The molecule has 2 heterocycles. The number of rotatable bonds is 2. The van der Waals surface area contributed by atoms with Crippen LogP contribution in [0.4, 0.5) is 0 Å². The van der Waals surface area contributed by atoms with Crippen LogP contribution in [0.25, 0.3) is 0 Å². The molecule has 2 unspecified atom stereocenters. The van der Waals surface area contributed by atoms with Crippen LogP contribution in [0.1, 0.15) is 25.5 Å². The minimum Gasteiger partial charge on any atom is -0.314 e. The molecule has 0 amide bonds. The zero-order valence-electron chi connectivity index (χ0n) is 8.90. The number of aromatic nitrogens is 3. The molecular formula is C10H18N4. The predicted octanol–water partition coefficient (Wildman–Crippen LogP) is 0.746. The highest BCUT2D eigenvalue weighted by atomic mass is 15.4. The smallest absolute Gasteiger partial charge is 0.0842 e. The van der Waals surface area contributed by atoms with Crippen molar-refractivity contribution in [2.45, 2.75) is 32.2 Å². The van der Waals surface area contributed by atoms with E-state index in [1.165, 1.54) is 12.8 Å². The molecule has 1 aromatic heterocycles. The number of hydrogen-bond acceptors (Lipinski definition) is 3. The molecule has 4 nitrogen and oxygen atoms in total. The highest BCUT2D eigenvalue weighted by molar-refractivity contribution is 4.96. The molecule has 0 saturated carbocycles. The molecule has 2 atom stereocenters. The zero-order chi connectivity index (χ0) is 9.97. The van der Waals surface area contributed by atoms with E-state index in [0.29, 0.717) is 6.04 Å². The molecule has 1 aliphatic heterocycles. The first-order valence-electron chi connectivity index (χ1n) is 5.32. The quantitative estimate of drug-likeness (QED) is 0.755. The van der Waals surface area contributed by atoms with Crippen molar-refractivity contribution in [3.63, 3.8) is 0 Å². The molecule has 1 aliphatic rings. The van der Waals surface area contributed by atoms with Gasteiger partial charge >= 0.3 is 0 Å². The molecule has 0 radical (unpaired) electrons. The molecule has 0 spiro atoms. The van der Waals surface area contributed by atoms with Crippen molar-refractivity contribution in [3.05, 3.63) is 11.9 Å². The van der Waals surface area contributed by atoms with Crippen molar-refractivity contribution in [2.24, 2.45) is 13.0 Å². The average Bonchev–Trinajstić information content (AvgIpc) is 2.51. The third-order valence-electron chi connectivity index (χ3n) is 2.86. The van der Waals surface area contributed by atoms with Crippen LogP contribution < -0.4 is 5.32 Å². The van der Waals surface area contributed by atoms with Crippen molar-refractivity contribution < 1.29 is 0 Å². The van der Waals surface area contributed by atoms with Gasteiger partial charge in [0.05, 0.1) is 5.69 Å². The van der Waals surface area contributed by atoms with Crippen LogP contribution in [0.2, 0.25) is 0 Å². The number of piperidine rings is 1. The van der Waals surface area contributed by atoms with Crippen LogP contribution in [0.5, 0.6) is 0 Å². The highest BCUT2D eigenvalue weighted by Crippen LogP contribution is 2.17. The van der Waals surface area contributed by atoms with Gasteiger partial charge in [0.2, 0.25) is 0 Å². The van der Waals surface area contributed by atoms with E-state index in [4.69, 9.17) is 0 Å². The fraction of sp³-hybridized carbons (Fsp3) is 0.800. The van der Waals surface area contributed by atoms with Gasteiger partial charge < -0.3 is 5.32 Å². The Morgan fingerprint density at radius 2 is 2.50 bits per heavy atom. The van der Waals surface area contributed by atoms with Crippen molar-refractivity contribution >= 4 is 0 Å². The van der Waals surface area contributed by atoms with Gasteiger partial charge in [0, 0.05) is 25.7 Å². The van der Waals surface area contributed by atoms with Crippen LogP contribution in [-0.4, -0.2) is 27.6 Å². The summed E-state index contributed by atoms with van der Waals surface area (Å²) in [5.74, 6) is 0.845. The van der Waals surface area contributed by atoms with E-state index in [9.17, 15) is 0 Å². The van der Waals surface area contributed by atoms with Gasteiger partial charge in [-0.3, -0.25) is 4.68 Å². The lowest BCUT2D eigenvalue weighted by atomic mass is 9.92. The summed E-state index contributed by atoms with van der Waals surface area (Å²) in [6.45, 7) is 3.47. The Balaban J connectivity index is 1.90. The first-order chi connectivity index (χ1) is 6.74. The normalized spacial score (nSPS) is 27.9. The topological polar surface area (TPSA) is 42.7 Å². The average molecular weight is 194 g/mol. The minimum atomic E-state index is 0.593. The third kappa shape index (κ3) is 2.32. The third-order valence-corrected chi connectivity index (χ3v) is 2.86. The van der Waals surface area contributed by atoms with E-state index in [1.807, 2.05) is 13.2 Å². The van der Waals surface area contributed by atoms with Gasteiger partial charge in [-0.05, 0) is 25.3 Å². The molecule has 0 aliphatic carbocycles. The van der Waals surface area contributed by atoms with Crippen LogP contribution in [-0.2, 0) is 13.5 Å². The molecule has 0 aromatic carbocycles. The molecule has 14 heavy (non-hydrogen) atoms. The predicted molar refractivity (Wildman–Crippen MR) is 54.9 cm³/mol.